The van der Waals surface area contributed by atoms with E-state index in [2.05, 4.69) is 5.32 Å². The summed E-state index contributed by atoms with van der Waals surface area (Å²) in [5, 5.41) is 14.2. The van der Waals surface area contributed by atoms with E-state index in [1.807, 2.05) is 13.8 Å². The van der Waals surface area contributed by atoms with Crippen LogP contribution in [0.5, 0.6) is 0 Å². The number of ether oxygens (including phenoxy) is 2. The molecule has 5 nitrogen and oxygen atoms in total. The normalized spacial score (nSPS) is 17.5. The molecule has 0 aromatic carbocycles. The fourth-order valence-corrected chi connectivity index (χ4v) is 1.22. The van der Waals surface area contributed by atoms with Crippen molar-refractivity contribution in [2.45, 2.75) is 20.1 Å². The van der Waals surface area contributed by atoms with Gasteiger partial charge in [-0.25, -0.2) is 0 Å². The van der Waals surface area contributed by atoms with Crippen LogP contribution in [0.25, 0.3) is 0 Å². The van der Waals surface area contributed by atoms with E-state index >= 15 is 0 Å². The maximum absolute atomic E-state index is 11.2. The average molecular weight is 188 g/mol. The molecule has 76 valence electrons. The molecule has 0 unspecified atom stereocenters. The van der Waals surface area contributed by atoms with Crippen molar-refractivity contribution in [2.75, 3.05) is 26.4 Å². The molecule has 0 aromatic heterocycles. The Morgan fingerprint density at radius 2 is 2.08 bits per heavy atom. The third-order valence-electron chi connectivity index (χ3n) is 1.79. The predicted octanol–water partition coefficient (Wildman–Crippen LogP) is -0.102. The Morgan fingerprint density at radius 3 is 2.46 bits per heavy atom. The van der Waals surface area contributed by atoms with Gasteiger partial charge < -0.3 is 14.7 Å². The zero-order valence-electron chi connectivity index (χ0n) is 8.08. The maximum atomic E-state index is 11.2. The minimum atomic E-state index is -0.484. The van der Waals surface area contributed by atoms with Gasteiger partial charge in [0.15, 0.2) is 0 Å². The molecule has 0 saturated carbocycles. The first-order valence-electron chi connectivity index (χ1n) is 4.53. The highest BCUT2D eigenvalue weighted by molar-refractivity contribution is 5.85. The molecule has 0 amide bonds. The van der Waals surface area contributed by atoms with Gasteiger partial charge in [-0.15, -0.1) is 0 Å². The van der Waals surface area contributed by atoms with Crippen LogP contribution in [0, 0.1) is 5.21 Å². The Balaban J connectivity index is 2.57. The largest absolute Gasteiger partial charge is 0.623 e. The monoisotopic (exact) mass is 188 g/mol. The van der Waals surface area contributed by atoms with Crippen molar-refractivity contribution >= 4 is 5.71 Å². The van der Waals surface area contributed by atoms with Crippen molar-refractivity contribution in [3.8, 4) is 0 Å². The first-order valence-corrected chi connectivity index (χ1v) is 4.53. The molecule has 1 rings (SSSR count). The van der Waals surface area contributed by atoms with Gasteiger partial charge in [-0.1, -0.05) is 0 Å². The van der Waals surface area contributed by atoms with Gasteiger partial charge >= 0.3 is 0 Å². The minimum absolute atomic E-state index is 0.325. The van der Waals surface area contributed by atoms with E-state index < -0.39 is 6.29 Å². The summed E-state index contributed by atoms with van der Waals surface area (Å²) in [6.07, 6.45) is -0.484. The molecule has 13 heavy (non-hydrogen) atoms. The Labute approximate surface area is 77.9 Å². The van der Waals surface area contributed by atoms with E-state index in [9.17, 15) is 5.21 Å². The summed E-state index contributed by atoms with van der Waals surface area (Å²) in [4.78, 5) is 0. The van der Waals surface area contributed by atoms with Gasteiger partial charge in [0.05, 0.1) is 6.54 Å². The number of nitrogens with zero attached hydrogens (tertiary/aromatic N) is 1. The third-order valence-corrected chi connectivity index (χ3v) is 1.79. The smallest absolute Gasteiger partial charge is 0.242 e. The molecule has 0 atom stereocenters. The van der Waals surface area contributed by atoms with Crippen molar-refractivity contribution in [3.05, 3.63) is 5.21 Å². The van der Waals surface area contributed by atoms with Crippen LogP contribution in [-0.2, 0) is 9.47 Å². The summed E-state index contributed by atoms with van der Waals surface area (Å²) in [5.74, 6) is 0. The zero-order valence-corrected chi connectivity index (χ0v) is 8.08. The Bertz CT molecular complexity index is 188. The molecule has 0 aromatic rings. The second kappa shape index (κ2) is 5.16. The summed E-state index contributed by atoms with van der Waals surface area (Å²) in [6, 6.07) is 0. The van der Waals surface area contributed by atoms with Crippen LogP contribution in [0.2, 0.25) is 0 Å². The first-order chi connectivity index (χ1) is 6.29. The van der Waals surface area contributed by atoms with Crippen LogP contribution >= 0.6 is 0 Å². The summed E-state index contributed by atoms with van der Waals surface area (Å²) >= 11 is 0. The minimum Gasteiger partial charge on any atom is -0.623 e. The molecule has 5 heteroatoms. The average Bonchev–Trinajstić information content (AvgIpc) is 2.51. The van der Waals surface area contributed by atoms with E-state index in [-0.39, 0.29) is 0 Å². The van der Waals surface area contributed by atoms with Gasteiger partial charge in [0, 0.05) is 13.2 Å². The molecule has 0 radical (unpaired) electrons. The van der Waals surface area contributed by atoms with E-state index in [1.165, 1.54) is 0 Å². The van der Waals surface area contributed by atoms with Gasteiger partial charge in [0.1, 0.15) is 0 Å². The number of hydrogen-bond donors (Lipinski definition) is 1. The molecule has 1 heterocycles. The molecule has 1 aliphatic rings. The third kappa shape index (κ3) is 2.65. The van der Waals surface area contributed by atoms with Gasteiger partial charge in [0.2, 0.25) is 18.7 Å². The number of hydroxylamine groups is 1. The molecule has 0 saturated heterocycles. The maximum Gasteiger partial charge on any atom is 0.242 e. The molecular weight excluding hydrogens is 172 g/mol. The van der Waals surface area contributed by atoms with Crippen molar-refractivity contribution in [1.82, 2.24) is 5.32 Å². The fraction of sp³-hybridized carbons (Fsp3) is 0.875. The summed E-state index contributed by atoms with van der Waals surface area (Å²) in [7, 11) is 0. The second-order valence-electron chi connectivity index (χ2n) is 2.70. The Kier molecular flexibility index (Phi) is 4.14. The Morgan fingerprint density at radius 1 is 1.46 bits per heavy atom. The number of rotatable bonds is 5. The lowest BCUT2D eigenvalue weighted by molar-refractivity contribution is -0.458. The predicted molar refractivity (Wildman–Crippen MR) is 48.5 cm³/mol. The van der Waals surface area contributed by atoms with Crippen LogP contribution < -0.4 is 5.32 Å². The SMILES string of the molecule is CCOC(OCC)C1=[N+]([O-])CNC1. The van der Waals surface area contributed by atoms with E-state index in [0.717, 1.165) is 4.74 Å². The van der Waals surface area contributed by atoms with E-state index in [1.54, 1.807) is 0 Å². The molecule has 0 spiro atoms. The van der Waals surface area contributed by atoms with Crippen LogP contribution in [0.1, 0.15) is 13.8 Å². The van der Waals surface area contributed by atoms with Crippen LogP contribution in [0.3, 0.4) is 0 Å². The van der Waals surface area contributed by atoms with Gasteiger partial charge in [-0.05, 0) is 13.8 Å². The molecule has 1 N–H and O–H groups in total. The standard InChI is InChI=1S/C8H16N2O3/c1-3-12-8(13-4-2)7-5-9-6-10(7)11/h8-9H,3-6H2,1-2H3. The second-order valence-corrected chi connectivity index (χ2v) is 2.70. The lowest BCUT2D eigenvalue weighted by Gasteiger charge is -2.14. The summed E-state index contributed by atoms with van der Waals surface area (Å²) in [6.45, 7) is 5.72. The fourth-order valence-electron chi connectivity index (χ4n) is 1.22. The first kappa shape index (κ1) is 10.4. The van der Waals surface area contributed by atoms with Gasteiger partial charge in [-0.3, -0.25) is 5.32 Å². The number of nitrogens with one attached hydrogen (secondary N) is 1. The highest BCUT2D eigenvalue weighted by Gasteiger charge is 2.27. The summed E-state index contributed by atoms with van der Waals surface area (Å²) < 4.78 is 11.5. The lowest BCUT2D eigenvalue weighted by atomic mass is 10.3. The zero-order chi connectivity index (χ0) is 9.68. The van der Waals surface area contributed by atoms with Gasteiger partial charge in [-0.2, -0.15) is 4.74 Å². The highest BCUT2D eigenvalue weighted by Crippen LogP contribution is 2.01. The van der Waals surface area contributed by atoms with Crippen LogP contribution in [0.4, 0.5) is 0 Å². The topological polar surface area (TPSA) is 56.6 Å². The van der Waals surface area contributed by atoms with Gasteiger partial charge in [0.25, 0.3) is 0 Å². The highest BCUT2D eigenvalue weighted by atomic mass is 16.7. The molecular formula is C8H16N2O3. The number of hydrogen-bond acceptors (Lipinski definition) is 4. The van der Waals surface area contributed by atoms with Crippen molar-refractivity contribution in [3.63, 3.8) is 0 Å². The molecule has 0 bridgehead atoms. The van der Waals surface area contributed by atoms with Crippen molar-refractivity contribution < 1.29 is 14.2 Å². The van der Waals surface area contributed by atoms with Crippen LogP contribution in [-0.4, -0.2) is 43.2 Å². The lowest BCUT2D eigenvalue weighted by Crippen LogP contribution is -2.33. The quantitative estimate of drug-likeness (QED) is 0.372. The Hall–Kier alpha value is -0.650. The molecule has 1 aliphatic heterocycles. The van der Waals surface area contributed by atoms with E-state index in [0.29, 0.717) is 32.1 Å². The molecule has 0 fully saturated rings. The van der Waals surface area contributed by atoms with Crippen molar-refractivity contribution in [1.29, 1.82) is 0 Å². The molecule has 0 aliphatic carbocycles. The van der Waals surface area contributed by atoms with E-state index in [4.69, 9.17) is 9.47 Å². The van der Waals surface area contributed by atoms with Crippen LogP contribution in [0.15, 0.2) is 0 Å². The summed E-state index contributed by atoms with van der Waals surface area (Å²) in [5.41, 5.74) is 0.628. The van der Waals surface area contributed by atoms with Crippen molar-refractivity contribution in [2.24, 2.45) is 0 Å².